The van der Waals surface area contributed by atoms with Crippen molar-refractivity contribution in [3.05, 3.63) is 175 Å². The molecule has 9 rings (SSSR count). The fraction of sp³-hybridized carbons (Fsp3) is 0.0667. The van der Waals surface area contributed by atoms with Crippen LogP contribution in [0, 0.1) is 0 Å². The predicted molar refractivity (Wildman–Crippen MR) is 202 cm³/mol. The molecule has 0 spiro atoms. The topological polar surface area (TPSA) is 3.24 Å². The van der Waals surface area contributed by atoms with Crippen LogP contribution in [-0.4, -0.2) is 0 Å². The molecule has 47 heavy (non-hydrogen) atoms. The average Bonchev–Trinajstić information content (AvgIpc) is 3.60. The first-order valence-electron chi connectivity index (χ1n) is 16.3. The van der Waals surface area contributed by atoms with Crippen LogP contribution in [0.15, 0.2) is 164 Å². The Labute approximate surface area is 280 Å². The minimum Gasteiger partial charge on any atom is -0.310 e. The van der Waals surface area contributed by atoms with E-state index in [1.54, 1.807) is 0 Å². The summed E-state index contributed by atoms with van der Waals surface area (Å²) >= 11 is 1.90. The smallest absolute Gasteiger partial charge is 0.0468 e. The summed E-state index contributed by atoms with van der Waals surface area (Å²) in [6, 6.07) is 59.9. The molecule has 1 aliphatic carbocycles. The van der Waals surface area contributed by atoms with E-state index in [0.717, 1.165) is 17.1 Å². The monoisotopic (exact) mass is 619 g/mol. The Hall–Kier alpha value is -5.44. The summed E-state index contributed by atoms with van der Waals surface area (Å²) in [5.41, 5.74) is 13.7. The summed E-state index contributed by atoms with van der Waals surface area (Å²) < 4.78 is 2.70. The fourth-order valence-corrected chi connectivity index (χ4v) is 8.54. The molecule has 0 radical (unpaired) electrons. The Morgan fingerprint density at radius 1 is 0.404 bits per heavy atom. The van der Waals surface area contributed by atoms with Crippen molar-refractivity contribution >= 4 is 48.6 Å². The van der Waals surface area contributed by atoms with E-state index in [2.05, 4.69) is 183 Å². The van der Waals surface area contributed by atoms with E-state index < -0.39 is 0 Å². The minimum atomic E-state index is -0.0834. The molecule has 1 aromatic heterocycles. The highest BCUT2D eigenvalue weighted by Gasteiger charge is 2.36. The normalized spacial score (nSPS) is 13.1. The molecule has 0 fully saturated rings. The van der Waals surface area contributed by atoms with E-state index in [-0.39, 0.29) is 5.41 Å². The van der Waals surface area contributed by atoms with Crippen molar-refractivity contribution in [2.75, 3.05) is 4.90 Å². The van der Waals surface area contributed by atoms with Crippen LogP contribution >= 0.6 is 11.3 Å². The Morgan fingerprint density at radius 2 is 0.915 bits per heavy atom. The van der Waals surface area contributed by atoms with Crippen LogP contribution in [0.5, 0.6) is 0 Å². The molecule has 8 aromatic rings. The SMILES string of the molecule is CC1(C)c2ccc(N(c3ccc(-c4ccccc4)cc3)c3ccc(-c4ccccc4)cc3)cc2-c2cc3sc4ccccc4c3cc21. The van der Waals surface area contributed by atoms with Gasteiger partial charge in [0.1, 0.15) is 0 Å². The van der Waals surface area contributed by atoms with Crippen LogP contribution in [0.25, 0.3) is 53.6 Å². The molecule has 0 saturated carbocycles. The van der Waals surface area contributed by atoms with Gasteiger partial charge in [-0.25, -0.2) is 0 Å². The molecule has 7 aromatic carbocycles. The van der Waals surface area contributed by atoms with E-state index in [9.17, 15) is 0 Å². The summed E-state index contributed by atoms with van der Waals surface area (Å²) in [5, 5.41) is 2.72. The van der Waals surface area contributed by atoms with Gasteiger partial charge in [0.05, 0.1) is 0 Å². The van der Waals surface area contributed by atoms with Crippen molar-refractivity contribution in [3.8, 4) is 33.4 Å². The Bertz CT molecular complexity index is 2320. The van der Waals surface area contributed by atoms with E-state index in [1.807, 2.05) is 11.3 Å². The second kappa shape index (κ2) is 10.8. The van der Waals surface area contributed by atoms with E-state index in [4.69, 9.17) is 0 Å². The first-order chi connectivity index (χ1) is 23.0. The largest absolute Gasteiger partial charge is 0.310 e. The van der Waals surface area contributed by atoms with Gasteiger partial charge in [-0.3, -0.25) is 0 Å². The summed E-state index contributed by atoms with van der Waals surface area (Å²) in [7, 11) is 0. The lowest BCUT2D eigenvalue weighted by molar-refractivity contribution is 0.661. The highest BCUT2D eigenvalue weighted by atomic mass is 32.1. The molecular weight excluding hydrogens is 587 g/mol. The number of fused-ring (bicyclic) bond motifs is 6. The zero-order valence-electron chi connectivity index (χ0n) is 26.4. The van der Waals surface area contributed by atoms with Crippen molar-refractivity contribution in [1.82, 2.24) is 0 Å². The third-order valence-corrected chi connectivity index (χ3v) is 11.0. The Balaban J connectivity index is 1.19. The lowest BCUT2D eigenvalue weighted by Crippen LogP contribution is -2.15. The van der Waals surface area contributed by atoms with E-state index >= 15 is 0 Å². The van der Waals surface area contributed by atoms with Gasteiger partial charge in [0.2, 0.25) is 0 Å². The van der Waals surface area contributed by atoms with Gasteiger partial charge in [0.25, 0.3) is 0 Å². The molecule has 1 aliphatic rings. The lowest BCUT2D eigenvalue weighted by Gasteiger charge is -2.27. The number of hydrogen-bond acceptors (Lipinski definition) is 2. The summed E-state index contributed by atoms with van der Waals surface area (Å²) in [6.45, 7) is 4.75. The lowest BCUT2D eigenvalue weighted by atomic mass is 9.82. The van der Waals surface area contributed by atoms with Crippen LogP contribution < -0.4 is 4.90 Å². The predicted octanol–water partition coefficient (Wildman–Crippen LogP) is 13.2. The molecule has 0 saturated heterocycles. The molecule has 224 valence electrons. The standard InChI is InChI=1S/C45H33NS/c1-45(2)41-26-25-36(27-38(41)39-29-44-40(28-42(39)45)37-15-9-10-16-43(37)47-44)46(34-21-17-32(18-22-34)30-11-5-3-6-12-30)35-23-19-33(20-24-35)31-13-7-4-8-14-31/h3-29H,1-2H3. The number of benzene rings is 7. The number of anilines is 3. The average molecular weight is 620 g/mol. The van der Waals surface area contributed by atoms with E-state index in [0.29, 0.717) is 0 Å². The van der Waals surface area contributed by atoms with Gasteiger partial charge in [-0.05, 0) is 99.1 Å². The zero-order valence-corrected chi connectivity index (χ0v) is 27.3. The van der Waals surface area contributed by atoms with Crippen molar-refractivity contribution in [3.63, 3.8) is 0 Å². The molecule has 0 N–H and O–H groups in total. The fourth-order valence-electron chi connectivity index (χ4n) is 7.41. The third kappa shape index (κ3) is 4.60. The van der Waals surface area contributed by atoms with Gasteiger partial charge in [0, 0.05) is 42.6 Å². The molecule has 0 aliphatic heterocycles. The maximum absolute atomic E-state index is 2.46. The van der Waals surface area contributed by atoms with Gasteiger partial charge >= 0.3 is 0 Å². The maximum atomic E-state index is 2.46. The molecule has 0 bridgehead atoms. The second-order valence-corrected chi connectivity index (χ2v) is 14.1. The first kappa shape index (κ1) is 27.8. The number of thiophene rings is 1. The summed E-state index contributed by atoms with van der Waals surface area (Å²) in [6.07, 6.45) is 0. The first-order valence-corrected chi connectivity index (χ1v) is 17.1. The van der Waals surface area contributed by atoms with E-state index in [1.165, 1.54) is 64.7 Å². The second-order valence-electron chi connectivity index (χ2n) is 13.0. The van der Waals surface area contributed by atoms with Gasteiger partial charge in [-0.15, -0.1) is 11.3 Å². The highest BCUT2D eigenvalue weighted by Crippen LogP contribution is 2.53. The van der Waals surface area contributed by atoms with Crippen molar-refractivity contribution in [2.45, 2.75) is 19.3 Å². The molecule has 0 unspecified atom stereocenters. The third-order valence-electron chi connectivity index (χ3n) is 9.88. The van der Waals surface area contributed by atoms with Crippen LogP contribution in [-0.2, 0) is 5.41 Å². The molecule has 1 nitrogen and oxygen atoms in total. The summed E-state index contributed by atoms with van der Waals surface area (Å²) in [5.74, 6) is 0. The number of rotatable bonds is 5. The van der Waals surface area contributed by atoms with Crippen molar-refractivity contribution in [2.24, 2.45) is 0 Å². The Kier molecular flexibility index (Phi) is 6.41. The summed E-state index contributed by atoms with van der Waals surface area (Å²) in [4.78, 5) is 2.40. The molecular formula is C45H33NS. The van der Waals surface area contributed by atoms with Crippen molar-refractivity contribution in [1.29, 1.82) is 0 Å². The van der Waals surface area contributed by atoms with Gasteiger partial charge < -0.3 is 4.90 Å². The van der Waals surface area contributed by atoms with Crippen LogP contribution in [0.4, 0.5) is 17.1 Å². The zero-order chi connectivity index (χ0) is 31.5. The van der Waals surface area contributed by atoms with Crippen molar-refractivity contribution < 1.29 is 0 Å². The minimum absolute atomic E-state index is 0.0834. The van der Waals surface area contributed by atoms with Crippen LogP contribution in [0.2, 0.25) is 0 Å². The van der Waals surface area contributed by atoms with Gasteiger partial charge in [-0.1, -0.05) is 123 Å². The molecule has 0 amide bonds. The number of nitrogens with zero attached hydrogens (tertiary/aromatic N) is 1. The van der Waals surface area contributed by atoms with Gasteiger partial charge in [0.15, 0.2) is 0 Å². The maximum Gasteiger partial charge on any atom is 0.0468 e. The quantitative estimate of drug-likeness (QED) is 0.185. The Morgan fingerprint density at radius 3 is 1.53 bits per heavy atom. The van der Waals surface area contributed by atoms with Crippen LogP contribution in [0.3, 0.4) is 0 Å². The molecule has 0 atom stereocenters. The number of hydrogen-bond donors (Lipinski definition) is 0. The molecule has 1 heterocycles. The van der Waals surface area contributed by atoms with Crippen LogP contribution in [0.1, 0.15) is 25.0 Å². The van der Waals surface area contributed by atoms with Gasteiger partial charge in [-0.2, -0.15) is 0 Å². The highest BCUT2D eigenvalue weighted by molar-refractivity contribution is 7.25. The molecule has 2 heteroatoms.